The van der Waals surface area contributed by atoms with Crippen LogP contribution in [-0.2, 0) is 5.75 Å². The van der Waals surface area contributed by atoms with E-state index < -0.39 is 0 Å². The molecule has 0 aromatic heterocycles. The van der Waals surface area contributed by atoms with Crippen molar-refractivity contribution in [2.24, 2.45) is 0 Å². The van der Waals surface area contributed by atoms with Crippen LogP contribution < -0.4 is 5.32 Å². The van der Waals surface area contributed by atoms with Crippen LogP contribution in [0.4, 0.5) is 4.39 Å². The minimum absolute atomic E-state index is 0.158. The second kappa shape index (κ2) is 7.97. The molecule has 0 radical (unpaired) electrons. The van der Waals surface area contributed by atoms with Crippen molar-refractivity contribution in [3.05, 3.63) is 63.9 Å². The summed E-state index contributed by atoms with van der Waals surface area (Å²) >= 11 is 4.94. The lowest BCUT2D eigenvalue weighted by atomic mass is 10.1. The number of benzene rings is 2. The highest BCUT2D eigenvalue weighted by atomic mass is 79.9. The van der Waals surface area contributed by atoms with E-state index in [1.165, 1.54) is 16.5 Å². The van der Waals surface area contributed by atoms with Crippen LogP contribution in [0.25, 0.3) is 0 Å². The molecule has 0 spiro atoms. The van der Waals surface area contributed by atoms with Gasteiger partial charge in [0.2, 0.25) is 0 Å². The normalized spacial score (nSPS) is 12.4. The molecule has 21 heavy (non-hydrogen) atoms. The van der Waals surface area contributed by atoms with E-state index in [-0.39, 0.29) is 5.82 Å². The number of hydrogen-bond acceptors (Lipinski definition) is 2. The summed E-state index contributed by atoms with van der Waals surface area (Å²) < 4.78 is 14.6. The maximum absolute atomic E-state index is 13.8. The molecule has 0 saturated carbocycles. The van der Waals surface area contributed by atoms with Gasteiger partial charge in [0.05, 0.1) is 0 Å². The zero-order valence-corrected chi connectivity index (χ0v) is 14.6. The molecule has 1 N–H and O–H groups in total. The Balaban J connectivity index is 2.04. The first-order valence-corrected chi connectivity index (χ1v) is 8.78. The highest BCUT2D eigenvalue weighted by molar-refractivity contribution is 9.10. The third-order valence-electron chi connectivity index (χ3n) is 3.28. The second-order valence-electron chi connectivity index (χ2n) is 4.88. The molecule has 0 amide bonds. The summed E-state index contributed by atoms with van der Waals surface area (Å²) in [7, 11) is 0. The second-order valence-corrected chi connectivity index (χ2v) is 6.84. The van der Waals surface area contributed by atoms with Crippen LogP contribution in [0.5, 0.6) is 0 Å². The highest BCUT2D eigenvalue weighted by Gasteiger charge is 2.07. The largest absolute Gasteiger partial charge is 0.310 e. The van der Waals surface area contributed by atoms with Gasteiger partial charge in [0.25, 0.3) is 0 Å². The zero-order valence-electron chi connectivity index (χ0n) is 12.2. The van der Waals surface area contributed by atoms with Crippen molar-refractivity contribution in [1.29, 1.82) is 0 Å². The van der Waals surface area contributed by atoms with Crippen LogP contribution in [0.15, 0.2) is 51.8 Å². The number of halogens is 2. The summed E-state index contributed by atoms with van der Waals surface area (Å²) in [5.41, 5.74) is 1.99. The topological polar surface area (TPSA) is 12.0 Å². The van der Waals surface area contributed by atoms with E-state index >= 15 is 0 Å². The molecule has 0 bridgehead atoms. The Kier molecular flexibility index (Phi) is 6.27. The van der Waals surface area contributed by atoms with E-state index in [1.807, 2.05) is 12.1 Å². The average Bonchev–Trinajstić information content (AvgIpc) is 2.47. The molecule has 2 aromatic carbocycles. The maximum atomic E-state index is 13.8. The molecule has 2 rings (SSSR count). The molecule has 0 aliphatic carbocycles. The third-order valence-corrected chi connectivity index (χ3v) is 4.81. The van der Waals surface area contributed by atoms with Gasteiger partial charge in [0.15, 0.2) is 0 Å². The fourth-order valence-electron chi connectivity index (χ4n) is 2.10. The quantitative estimate of drug-likeness (QED) is 0.671. The van der Waals surface area contributed by atoms with Crippen LogP contribution in [0.1, 0.15) is 31.0 Å². The van der Waals surface area contributed by atoms with Crippen molar-refractivity contribution < 1.29 is 4.39 Å². The van der Waals surface area contributed by atoms with Crippen molar-refractivity contribution >= 4 is 27.7 Å². The van der Waals surface area contributed by atoms with E-state index in [4.69, 9.17) is 0 Å². The first kappa shape index (κ1) is 16.5. The van der Waals surface area contributed by atoms with Crippen LogP contribution >= 0.6 is 27.7 Å². The van der Waals surface area contributed by atoms with E-state index in [1.54, 1.807) is 11.8 Å². The first-order chi connectivity index (χ1) is 10.1. The number of rotatable bonds is 6. The highest BCUT2D eigenvalue weighted by Crippen LogP contribution is 2.27. The maximum Gasteiger partial charge on any atom is 0.128 e. The Labute approximate surface area is 138 Å². The summed E-state index contributed by atoms with van der Waals surface area (Å²) in [5.74, 6) is 0.479. The molecule has 0 aliphatic rings. The van der Waals surface area contributed by atoms with Crippen LogP contribution in [0.2, 0.25) is 0 Å². The fraction of sp³-hybridized carbons (Fsp3) is 0.294. The Bertz CT molecular complexity index is 603. The SMILES string of the molecule is CCNC(C)c1cccc(SCc2ccc(Br)cc2F)c1. The predicted octanol–water partition coefficient (Wildman–Crippen LogP) is 5.55. The van der Waals surface area contributed by atoms with Crippen molar-refractivity contribution in [2.45, 2.75) is 30.5 Å². The Morgan fingerprint density at radius 3 is 2.76 bits per heavy atom. The molecule has 2 aromatic rings. The third kappa shape index (κ3) is 4.83. The molecule has 1 unspecified atom stereocenters. The molecule has 0 heterocycles. The summed E-state index contributed by atoms with van der Waals surface area (Å²) in [6, 6.07) is 14.0. The van der Waals surface area contributed by atoms with Gasteiger partial charge >= 0.3 is 0 Å². The molecule has 1 atom stereocenters. The Morgan fingerprint density at radius 2 is 2.05 bits per heavy atom. The lowest BCUT2D eigenvalue weighted by Gasteiger charge is -2.13. The Morgan fingerprint density at radius 1 is 1.24 bits per heavy atom. The van der Waals surface area contributed by atoms with Crippen LogP contribution in [0, 0.1) is 5.82 Å². The summed E-state index contributed by atoms with van der Waals surface area (Å²) in [5, 5.41) is 3.40. The van der Waals surface area contributed by atoms with Crippen molar-refractivity contribution in [3.63, 3.8) is 0 Å². The number of thioether (sulfide) groups is 1. The van der Waals surface area contributed by atoms with E-state index in [0.717, 1.165) is 16.6 Å². The molecule has 112 valence electrons. The molecule has 0 aliphatic heterocycles. The molecule has 0 fully saturated rings. The van der Waals surface area contributed by atoms with Gasteiger partial charge in [-0.25, -0.2) is 4.39 Å². The van der Waals surface area contributed by atoms with Gasteiger partial charge in [-0.2, -0.15) is 0 Å². The van der Waals surface area contributed by atoms with Gasteiger partial charge in [-0.3, -0.25) is 0 Å². The lowest BCUT2D eigenvalue weighted by Crippen LogP contribution is -2.17. The number of nitrogens with one attached hydrogen (secondary N) is 1. The van der Waals surface area contributed by atoms with E-state index in [9.17, 15) is 4.39 Å². The standard InChI is InChI=1S/C17H19BrFNS/c1-3-20-12(2)13-5-4-6-16(9-13)21-11-14-7-8-15(18)10-17(14)19/h4-10,12,20H,3,11H2,1-2H3. The van der Waals surface area contributed by atoms with E-state index in [2.05, 4.69) is 59.4 Å². The van der Waals surface area contributed by atoms with Gasteiger partial charge in [-0.05, 0) is 48.9 Å². The molecule has 1 nitrogen and oxygen atoms in total. The summed E-state index contributed by atoms with van der Waals surface area (Å²) in [4.78, 5) is 1.17. The van der Waals surface area contributed by atoms with Gasteiger partial charge in [0.1, 0.15) is 5.82 Å². The van der Waals surface area contributed by atoms with Gasteiger partial charge in [0, 0.05) is 21.2 Å². The predicted molar refractivity (Wildman–Crippen MR) is 92.2 cm³/mol. The molecular weight excluding hydrogens is 349 g/mol. The van der Waals surface area contributed by atoms with Gasteiger partial charge in [-0.15, -0.1) is 11.8 Å². The van der Waals surface area contributed by atoms with Crippen molar-refractivity contribution in [2.75, 3.05) is 6.54 Å². The monoisotopic (exact) mass is 367 g/mol. The lowest BCUT2D eigenvalue weighted by molar-refractivity contribution is 0.597. The smallest absolute Gasteiger partial charge is 0.128 e. The summed E-state index contributed by atoms with van der Waals surface area (Å²) in [6.07, 6.45) is 0. The fourth-order valence-corrected chi connectivity index (χ4v) is 3.38. The minimum atomic E-state index is -0.158. The Hall–Kier alpha value is -0.840. The average molecular weight is 368 g/mol. The zero-order chi connectivity index (χ0) is 15.2. The number of hydrogen-bond donors (Lipinski definition) is 1. The van der Waals surface area contributed by atoms with Gasteiger partial charge in [-0.1, -0.05) is 41.1 Å². The van der Waals surface area contributed by atoms with E-state index in [0.29, 0.717) is 11.8 Å². The minimum Gasteiger partial charge on any atom is -0.310 e. The van der Waals surface area contributed by atoms with Crippen molar-refractivity contribution in [3.8, 4) is 0 Å². The molecule has 0 saturated heterocycles. The summed E-state index contributed by atoms with van der Waals surface area (Å²) in [6.45, 7) is 5.20. The van der Waals surface area contributed by atoms with Gasteiger partial charge < -0.3 is 5.32 Å². The first-order valence-electron chi connectivity index (χ1n) is 7.00. The van der Waals surface area contributed by atoms with Crippen LogP contribution in [0.3, 0.4) is 0 Å². The molecule has 4 heteroatoms. The van der Waals surface area contributed by atoms with Crippen LogP contribution in [-0.4, -0.2) is 6.54 Å². The molecular formula is C17H19BrFNS. The van der Waals surface area contributed by atoms with Crippen molar-refractivity contribution in [1.82, 2.24) is 5.32 Å².